The normalized spacial score (nSPS) is 10.1. The molecule has 0 aliphatic heterocycles. The minimum absolute atomic E-state index is 0.00122. The highest BCUT2D eigenvalue weighted by molar-refractivity contribution is 9.10. The first kappa shape index (κ1) is 14.1. The van der Waals surface area contributed by atoms with E-state index in [1.807, 2.05) is 0 Å². The van der Waals surface area contributed by atoms with E-state index >= 15 is 0 Å². The largest absolute Gasteiger partial charge is 0.478 e. The van der Waals surface area contributed by atoms with Crippen molar-refractivity contribution in [2.45, 2.75) is 0 Å². The number of aromatic nitrogens is 1. The van der Waals surface area contributed by atoms with Crippen molar-refractivity contribution in [3.63, 3.8) is 0 Å². The molecule has 2 N–H and O–H groups in total. The first-order chi connectivity index (χ1) is 9.47. The number of benzene rings is 1. The second-order valence-corrected chi connectivity index (χ2v) is 4.76. The summed E-state index contributed by atoms with van der Waals surface area (Å²) in [6, 6.07) is 5.36. The second kappa shape index (κ2) is 5.79. The summed E-state index contributed by atoms with van der Waals surface area (Å²) >= 11 is 3.19. The van der Waals surface area contributed by atoms with Crippen LogP contribution in [0.2, 0.25) is 0 Å². The summed E-state index contributed by atoms with van der Waals surface area (Å²) in [5.74, 6) is -2.46. The number of rotatable bonds is 3. The Morgan fingerprint density at radius 1 is 1.25 bits per heavy atom. The molecule has 0 fully saturated rings. The fourth-order valence-corrected chi connectivity index (χ4v) is 1.90. The zero-order valence-electron chi connectivity index (χ0n) is 9.93. The van der Waals surface area contributed by atoms with Gasteiger partial charge in [0.15, 0.2) is 0 Å². The Morgan fingerprint density at radius 3 is 2.65 bits per heavy atom. The molecule has 2 rings (SSSR count). The first-order valence-electron chi connectivity index (χ1n) is 5.42. The molecular formula is C13H8BrFN2O3. The van der Waals surface area contributed by atoms with E-state index < -0.39 is 17.7 Å². The van der Waals surface area contributed by atoms with E-state index in [0.717, 1.165) is 12.3 Å². The molecule has 2 aromatic rings. The molecule has 1 amide bonds. The third kappa shape index (κ3) is 3.18. The number of halogens is 2. The van der Waals surface area contributed by atoms with Crippen LogP contribution in [0.4, 0.5) is 10.1 Å². The van der Waals surface area contributed by atoms with Gasteiger partial charge in [-0.15, -0.1) is 0 Å². The predicted octanol–water partition coefficient (Wildman–Crippen LogP) is 2.93. The highest BCUT2D eigenvalue weighted by Crippen LogP contribution is 2.22. The summed E-state index contributed by atoms with van der Waals surface area (Å²) in [5.41, 5.74) is 0.0494. The third-order valence-corrected chi connectivity index (χ3v) is 2.92. The topological polar surface area (TPSA) is 79.3 Å². The SMILES string of the molecule is O=C(Nc1cc(Br)ccc1C(=O)O)c1cncc(F)c1. The van der Waals surface area contributed by atoms with Gasteiger partial charge in [-0.05, 0) is 24.3 Å². The maximum Gasteiger partial charge on any atom is 0.337 e. The minimum Gasteiger partial charge on any atom is -0.478 e. The van der Waals surface area contributed by atoms with Crippen molar-refractivity contribution in [2.75, 3.05) is 5.32 Å². The molecule has 1 heterocycles. The predicted molar refractivity (Wildman–Crippen MR) is 73.2 cm³/mol. The van der Waals surface area contributed by atoms with Crippen molar-refractivity contribution < 1.29 is 19.1 Å². The van der Waals surface area contributed by atoms with Crippen LogP contribution in [-0.2, 0) is 0 Å². The molecule has 0 bridgehead atoms. The lowest BCUT2D eigenvalue weighted by atomic mass is 10.1. The van der Waals surface area contributed by atoms with Gasteiger partial charge >= 0.3 is 5.97 Å². The standard InChI is InChI=1S/C13H8BrFN2O3/c14-8-1-2-10(13(19)20)11(4-8)17-12(18)7-3-9(15)6-16-5-7/h1-6H,(H,17,18)(H,19,20). The number of nitrogens with zero attached hydrogens (tertiary/aromatic N) is 1. The van der Waals surface area contributed by atoms with Crippen LogP contribution >= 0.6 is 15.9 Å². The number of anilines is 1. The fourth-order valence-electron chi connectivity index (χ4n) is 1.54. The van der Waals surface area contributed by atoms with Gasteiger partial charge in [-0.1, -0.05) is 15.9 Å². The molecule has 0 radical (unpaired) electrons. The number of carbonyl (C=O) groups is 2. The van der Waals surface area contributed by atoms with Gasteiger partial charge < -0.3 is 10.4 Å². The number of nitrogens with one attached hydrogen (secondary N) is 1. The second-order valence-electron chi connectivity index (χ2n) is 3.84. The molecule has 0 aliphatic rings. The van der Waals surface area contributed by atoms with E-state index in [9.17, 15) is 14.0 Å². The van der Waals surface area contributed by atoms with Crippen LogP contribution in [0.5, 0.6) is 0 Å². The van der Waals surface area contributed by atoms with E-state index in [4.69, 9.17) is 5.11 Å². The Bertz CT molecular complexity index is 691. The van der Waals surface area contributed by atoms with Crippen molar-refractivity contribution >= 4 is 33.5 Å². The third-order valence-electron chi connectivity index (χ3n) is 2.43. The van der Waals surface area contributed by atoms with Gasteiger partial charge in [0.1, 0.15) is 5.82 Å². The lowest BCUT2D eigenvalue weighted by molar-refractivity contribution is 0.0698. The van der Waals surface area contributed by atoms with Crippen molar-refractivity contribution in [3.8, 4) is 0 Å². The van der Waals surface area contributed by atoms with Crippen LogP contribution in [0.25, 0.3) is 0 Å². The number of hydrogen-bond acceptors (Lipinski definition) is 3. The number of carboxylic acid groups (broad SMARTS) is 1. The molecule has 102 valence electrons. The van der Waals surface area contributed by atoms with Crippen LogP contribution < -0.4 is 5.32 Å². The zero-order valence-corrected chi connectivity index (χ0v) is 11.5. The number of carboxylic acids is 1. The zero-order chi connectivity index (χ0) is 14.7. The Hall–Kier alpha value is -2.28. The van der Waals surface area contributed by atoms with Crippen LogP contribution in [0.1, 0.15) is 20.7 Å². The number of pyridine rings is 1. The molecule has 0 saturated heterocycles. The summed E-state index contributed by atoms with van der Waals surface area (Å²) in [6.07, 6.45) is 2.16. The monoisotopic (exact) mass is 338 g/mol. The summed E-state index contributed by atoms with van der Waals surface area (Å²) in [4.78, 5) is 26.6. The molecule has 0 aliphatic carbocycles. The van der Waals surface area contributed by atoms with Gasteiger partial charge in [0.2, 0.25) is 0 Å². The van der Waals surface area contributed by atoms with Crippen LogP contribution in [0.15, 0.2) is 41.1 Å². The van der Waals surface area contributed by atoms with Crippen LogP contribution in [0, 0.1) is 5.82 Å². The molecule has 0 saturated carbocycles. The van der Waals surface area contributed by atoms with Crippen molar-refractivity contribution in [3.05, 3.63) is 58.1 Å². The average Bonchev–Trinajstić information content (AvgIpc) is 2.38. The first-order valence-corrected chi connectivity index (χ1v) is 6.21. The molecule has 5 nitrogen and oxygen atoms in total. The molecule has 0 atom stereocenters. The van der Waals surface area contributed by atoms with Crippen LogP contribution in [0.3, 0.4) is 0 Å². The van der Waals surface area contributed by atoms with E-state index in [0.29, 0.717) is 4.47 Å². The van der Waals surface area contributed by atoms with E-state index in [1.54, 1.807) is 6.07 Å². The number of aromatic carboxylic acids is 1. The number of carbonyl (C=O) groups excluding carboxylic acids is 1. The average molecular weight is 339 g/mol. The maximum absolute atomic E-state index is 13.0. The molecule has 0 spiro atoms. The summed E-state index contributed by atoms with van der Waals surface area (Å²) in [7, 11) is 0. The van der Waals surface area contributed by atoms with Gasteiger partial charge in [-0.25, -0.2) is 9.18 Å². The Labute approximate surface area is 121 Å². The summed E-state index contributed by atoms with van der Waals surface area (Å²) in [6.45, 7) is 0. The highest BCUT2D eigenvalue weighted by Gasteiger charge is 2.14. The van der Waals surface area contributed by atoms with E-state index in [1.165, 1.54) is 18.3 Å². The van der Waals surface area contributed by atoms with Gasteiger partial charge in [0.05, 0.1) is 23.0 Å². The fraction of sp³-hybridized carbons (Fsp3) is 0. The van der Waals surface area contributed by atoms with Crippen molar-refractivity contribution in [1.29, 1.82) is 0 Å². The molecular weight excluding hydrogens is 331 g/mol. The van der Waals surface area contributed by atoms with Gasteiger partial charge in [0, 0.05) is 10.7 Å². The molecule has 1 aromatic heterocycles. The summed E-state index contributed by atoms with van der Waals surface area (Å²) < 4.78 is 13.6. The van der Waals surface area contributed by atoms with Gasteiger partial charge in [0.25, 0.3) is 5.91 Å². The van der Waals surface area contributed by atoms with E-state index in [-0.39, 0.29) is 16.8 Å². The van der Waals surface area contributed by atoms with Crippen LogP contribution in [-0.4, -0.2) is 22.0 Å². The Balaban J connectivity index is 2.32. The smallest absolute Gasteiger partial charge is 0.337 e. The lowest BCUT2D eigenvalue weighted by Crippen LogP contribution is -2.15. The Morgan fingerprint density at radius 2 is 2.00 bits per heavy atom. The molecule has 7 heteroatoms. The lowest BCUT2D eigenvalue weighted by Gasteiger charge is -2.09. The Kier molecular flexibility index (Phi) is 4.09. The minimum atomic E-state index is -1.18. The number of amides is 1. The molecule has 1 aromatic carbocycles. The van der Waals surface area contributed by atoms with Crippen molar-refractivity contribution in [1.82, 2.24) is 4.98 Å². The van der Waals surface area contributed by atoms with Crippen molar-refractivity contribution in [2.24, 2.45) is 0 Å². The molecule has 20 heavy (non-hydrogen) atoms. The quantitative estimate of drug-likeness (QED) is 0.901. The van der Waals surface area contributed by atoms with E-state index in [2.05, 4.69) is 26.2 Å². The van der Waals surface area contributed by atoms with Gasteiger partial charge in [-0.3, -0.25) is 9.78 Å². The maximum atomic E-state index is 13.0. The highest BCUT2D eigenvalue weighted by atomic mass is 79.9. The summed E-state index contributed by atoms with van der Waals surface area (Å²) in [5, 5.41) is 11.5. The molecule has 0 unspecified atom stereocenters. The number of hydrogen-bond donors (Lipinski definition) is 2. The van der Waals surface area contributed by atoms with Gasteiger partial charge in [-0.2, -0.15) is 0 Å².